The molecular weight excluding hydrogens is 278 g/mol. The molecule has 118 valence electrons. The predicted molar refractivity (Wildman–Crippen MR) is 84.8 cm³/mol. The van der Waals surface area contributed by atoms with Crippen LogP contribution < -0.4 is 4.74 Å². The van der Waals surface area contributed by atoms with Gasteiger partial charge in [-0.05, 0) is 37.6 Å². The number of hydrogen-bond acceptors (Lipinski definition) is 4. The SMILES string of the molecule is O[C@@H](COc1ccccc1)CN1CCC[C@@H]1Cn1cccn1. The van der Waals surface area contributed by atoms with E-state index in [9.17, 15) is 5.11 Å². The fourth-order valence-corrected chi connectivity index (χ4v) is 3.00. The Morgan fingerprint density at radius 3 is 2.91 bits per heavy atom. The van der Waals surface area contributed by atoms with E-state index in [-0.39, 0.29) is 0 Å². The van der Waals surface area contributed by atoms with Gasteiger partial charge in [0.2, 0.25) is 0 Å². The summed E-state index contributed by atoms with van der Waals surface area (Å²) in [7, 11) is 0. The lowest BCUT2D eigenvalue weighted by Crippen LogP contribution is -2.40. The lowest BCUT2D eigenvalue weighted by molar-refractivity contribution is 0.0609. The largest absolute Gasteiger partial charge is 0.491 e. The van der Waals surface area contributed by atoms with Crippen LogP contribution in [0, 0.1) is 0 Å². The average Bonchev–Trinajstić information content (AvgIpc) is 3.20. The molecule has 3 rings (SSSR count). The van der Waals surface area contributed by atoms with Gasteiger partial charge in [0.25, 0.3) is 0 Å². The minimum Gasteiger partial charge on any atom is -0.491 e. The second-order valence-corrected chi connectivity index (χ2v) is 5.80. The molecule has 0 spiro atoms. The molecule has 1 aliphatic rings. The number of rotatable bonds is 7. The number of aliphatic hydroxyl groups is 1. The van der Waals surface area contributed by atoms with Gasteiger partial charge >= 0.3 is 0 Å². The van der Waals surface area contributed by atoms with Crippen molar-refractivity contribution in [1.29, 1.82) is 0 Å². The molecule has 0 saturated carbocycles. The Morgan fingerprint density at radius 2 is 2.14 bits per heavy atom. The van der Waals surface area contributed by atoms with Crippen LogP contribution in [-0.2, 0) is 6.54 Å². The molecule has 1 N–H and O–H groups in total. The van der Waals surface area contributed by atoms with Crippen molar-refractivity contribution in [1.82, 2.24) is 14.7 Å². The van der Waals surface area contributed by atoms with Gasteiger partial charge in [-0.2, -0.15) is 5.10 Å². The summed E-state index contributed by atoms with van der Waals surface area (Å²) in [6, 6.07) is 12.0. The van der Waals surface area contributed by atoms with Gasteiger partial charge in [-0.3, -0.25) is 9.58 Å². The van der Waals surface area contributed by atoms with Crippen LogP contribution in [0.2, 0.25) is 0 Å². The second kappa shape index (κ2) is 7.42. The number of benzene rings is 1. The summed E-state index contributed by atoms with van der Waals surface area (Å²) in [5.41, 5.74) is 0. The summed E-state index contributed by atoms with van der Waals surface area (Å²) in [6.07, 6.45) is 5.66. The third-order valence-electron chi connectivity index (χ3n) is 4.09. The Labute approximate surface area is 131 Å². The maximum Gasteiger partial charge on any atom is 0.119 e. The number of ether oxygens (including phenoxy) is 1. The van der Waals surface area contributed by atoms with E-state index in [1.807, 2.05) is 53.5 Å². The summed E-state index contributed by atoms with van der Waals surface area (Å²) in [5, 5.41) is 14.5. The zero-order valence-electron chi connectivity index (χ0n) is 12.7. The van der Waals surface area contributed by atoms with Crippen molar-refractivity contribution in [3.05, 3.63) is 48.8 Å². The molecular formula is C17H23N3O2. The quantitative estimate of drug-likeness (QED) is 0.847. The molecule has 0 amide bonds. The number of aromatic nitrogens is 2. The molecule has 2 heterocycles. The van der Waals surface area contributed by atoms with E-state index in [4.69, 9.17) is 4.74 Å². The van der Waals surface area contributed by atoms with E-state index in [0.717, 1.165) is 25.3 Å². The average molecular weight is 301 g/mol. The van der Waals surface area contributed by atoms with Gasteiger partial charge in [0.15, 0.2) is 0 Å². The zero-order chi connectivity index (χ0) is 15.2. The lowest BCUT2D eigenvalue weighted by atomic mass is 10.2. The maximum absolute atomic E-state index is 10.2. The standard InChI is InChI=1S/C17H23N3O2/c21-16(14-22-17-7-2-1-3-8-17)13-19-10-4-6-15(19)12-20-11-5-9-18-20/h1-3,5,7-9,11,15-16,21H,4,6,10,12-14H2/t15-,16-/m1/s1. The molecule has 0 bridgehead atoms. The van der Waals surface area contributed by atoms with Crippen LogP contribution in [0.3, 0.4) is 0 Å². The first-order chi connectivity index (χ1) is 10.8. The Hall–Kier alpha value is -1.85. The van der Waals surface area contributed by atoms with Gasteiger partial charge in [-0.15, -0.1) is 0 Å². The Balaban J connectivity index is 1.46. The van der Waals surface area contributed by atoms with Crippen molar-refractivity contribution in [2.75, 3.05) is 19.7 Å². The molecule has 1 fully saturated rings. The van der Waals surface area contributed by atoms with Gasteiger partial charge in [0, 0.05) is 25.0 Å². The van der Waals surface area contributed by atoms with Crippen molar-refractivity contribution in [2.24, 2.45) is 0 Å². The second-order valence-electron chi connectivity index (χ2n) is 5.80. The minimum atomic E-state index is -0.474. The third kappa shape index (κ3) is 4.08. The van der Waals surface area contributed by atoms with Gasteiger partial charge in [-0.25, -0.2) is 0 Å². The highest BCUT2D eigenvalue weighted by Crippen LogP contribution is 2.19. The number of para-hydroxylation sites is 1. The third-order valence-corrected chi connectivity index (χ3v) is 4.09. The van der Waals surface area contributed by atoms with Crippen molar-refractivity contribution in [2.45, 2.75) is 31.5 Å². The smallest absolute Gasteiger partial charge is 0.119 e. The first-order valence-electron chi connectivity index (χ1n) is 7.88. The van der Waals surface area contributed by atoms with Crippen molar-refractivity contribution < 1.29 is 9.84 Å². The highest BCUT2D eigenvalue weighted by molar-refractivity contribution is 5.20. The molecule has 22 heavy (non-hydrogen) atoms. The summed E-state index contributed by atoms with van der Waals surface area (Å²) in [6.45, 7) is 2.90. The molecule has 0 unspecified atom stereocenters. The maximum atomic E-state index is 10.2. The highest BCUT2D eigenvalue weighted by Gasteiger charge is 2.26. The highest BCUT2D eigenvalue weighted by atomic mass is 16.5. The fourth-order valence-electron chi connectivity index (χ4n) is 3.00. The molecule has 0 radical (unpaired) electrons. The summed E-state index contributed by atoms with van der Waals surface area (Å²) >= 11 is 0. The number of aliphatic hydroxyl groups excluding tert-OH is 1. The molecule has 2 atom stereocenters. The Bertz CT molecular complexity index is 544. The lowest BCUT2D eigenvalue weighted by Gasteiger charge is -2.26. The number of β-amino-alcohol motifs (C(OH)–C–C–N with tert-alkyl or cyclic N) is 1. The van der Waals surface area contributed by atoms with Gasteiger partial charge < -0.3 is 9.84 Å². The van der Waals surface area contributed by atoms with Crippen molar-refractivity contribution in [3.63, 3.8) is 0 Å². The van der Waals surface area contributed by atoms with Crippen LogP contribution in [0.5, 0.6) is 5.75 Å². The van der Waals surface area contributed by atoms with E-state index in [2.05, 4.69) is 10.00 Å². The van der Waals surface area contributed by atoms with E-state index >= 15 is 0 Å². The summed E-state index contributed by atoms with van der Waals surface area (Å²) in [4.78, 5) is 2.35. The Morgan fingerprint density at radius 1 is 1.27 bits per heavy atom. The first-order valence-corrected chi connectivity index (χ1v) is 7.88. The number of hydrogen-bond donors (Lipinski definition) is 1. The normalized spacial score (nSPS) is 20.1. The van der Waals surface area contributed by atoms with Crippen LogP contribution in [0.15, 0.2) is 48.8 Å². The molecule has 5 nitrogen and oxygen atoms in total. The zero-order valence-corrected chi connectivity index (χ0v) is 12.7. The van der Waals surface area contributed by atoms with Crippen LogP contribution in [0.1, 0.15) is 12.8 Å². The van der Waals surface area contributed by atoms with Crippen LogP contribution in [0.25, 0.3) is 0 Å². The molecule has 1 aromatic heterocycles. The summed E-state index contributed by atoms with van der Waals surface area (Å²) in [5.74, 6) is 0.802. The fraction of sp³-hybridized carbons (Fsp3) is 0.471. The Kier molecular flexibility index (Phi) is 5.08. The minimum absolute atomic E-state index is 0.328. The molecule has 1 aromatic carbocycles. The van der Waals surface area contributed by atoms with Gasteiger partial charge in [-0.1, -0.05) is 18.2 Å². The van der Waals surface area contributed by atoms with E-state index in [0.29, 0.717) is 19.2 Å². The van der Waals surface area contributed by atoms with Crippen LogP contribution in [-0.4, -0.2) is 51.6 Å². The van der Waals surface area contributed by atoms with E-state index < -0.39 is 6.10 Å². The van der Waals surface area contributed by atoms with Crippen LogP contribution >= 0.6 is 0 Å². The molecule has 0 aliphatic carbocycles. The monoisotopic (exact) mass is 301 g/mol. The summed E-state index contributed by atoms with van der Waals surface area (Å²) < 4.78 is 7.59. The number of nitrogens with zero attached hydrogens (tertiary/aromatic N) is 3. The van der Waals surface area contributed by atoms with Gasteiger partial charge in [0.1, 0.15) is 18.5 Å². The van der Waals surface area contributed by atoms with E-state index in [1.54, 1.807) is 0 Å². The van der Waals surface area contributed by atoms with E-state index in [1.165, 1.54) is 6.42 Å². The molecule has 2 aromatic rings. The predicted octanol–water partition coefficient (Wildman–Crippen LogP) is 1.79. The van der Waals surface area contributed by atoms with Gasteiger partial charge in [0.05, 0.1) is 6.54 Å². The van der Waals surface area contributed by atoms with Crippen LogP contribution in [0.4, 0.5) is 0 Å². The molecule has 1 aliphatic heterocycles. The molecule has 5 heteroatoms. The number of likely N-dealkylation sites (tertiary alicyclic amines) is 1. The first kappa shape index (κ1) is 15.1. The molecule has 1 saturated heterocycles. The van der Waals surface area contributed by atoms with Crippen molar-refractivity contribution in [3.8, 4) is 5.75 Å². The van der Waals surface area contributed by atoms with Crippen molar-refractivity contribution >= 4 is 0 Å². The topological polar surface area (TPSA) is 50.5 Å².